The smallest absolute Gasteiger partial charge is 0.127 e. The van der Waals surface area contributed by atoms with Crippen molar-refractivity contribution in [3.63, 3.8) is 0 Å². The Labute approximate surface area is 104 Å². The topological polar surface area (TPSA) is 9.23 Å². The fourth-order valence-electron chi connectivity index (χ4n) is 1.34. The van der Waals surface area contributed by atoms with E-state index in [9.17, 15) is 0 Å². The lowest BCUT2D eigenvalue weighted by Crippen LogP contribution is -1.83. The maximum absolute atomic E-state index is 5.68. The molecule has 0 amide bonds. The first-order valence-electron chi connectivity index (χ1n) is 4.98. The number of hydrogen-bond acceptors (Lipinski definition) is 1. The van der Waals surface area contributed by atoms with Crippen LogP contribution in [-0.2, 0) is 0 Å². The summed E-state index contributed by atoms with van der Waals surface area (Å²) in [6, 6.07) is 17.7. The summed E-state index contributed by atoms with van der Waals surface area (Å²) < 4.78 is 5.68. The van der Waals surface area contributed by atoms with E-state index in [2.05, 4.69) is 15.9 Å². The molecule has 2 aromatic carbocycles. The molecule has 0 unspecified atom stereocenters. The molecule has 2 heteroatoms. The molecule has 0 aromatic heterocycles. The average molecular weight is 275 g/mol. The largest absolute Gasteiger partial charge is 0.457 e. The lowest BCUT2D eigenvalue weighted by atomic mass is 10.2. The Bertz CT molecular complexity index is 460. The molecule has 0 fully saturated rings. The predicted octanol–water partition coefficient (Wildman–Crippen LogP) is 4.84. The fourth-order valence-corrected chi connectivity index (χ4v) is 1.65. The van der Waals surface area contributed by atoms with E-state index in [1.807, 2.05) is 65.7 Å². The van der Waals surface area contributed by atoms with Gasteiger partial charge in [0.15, 0.2) is 0 Å². The van der Waals surface area contributed by atoms with Crippen molar-refractivity contribution in [1.82, 2.24) is 0 Å². The van der Waals surface area contributed by atoms with Crippen LogP contribution in [0.5, 0.6) is 11.5 Å². The summed E-state index contributed by atoms with van der Waals surface area (Å²) in [5.41, 5.74) is 1.14. The van der Waals surface area contributed by atoms with E-state index in [0.29, 0.717) is 0 Å². The van der Waals surface area contributed by atoms with Crippen molar-refractivity contribution in [2.24, 2.45) is 0 Å². The lowest BCUT2D eigenvalue weighted by molar-refractivity contribution is 0.482. The van der Waals surface area contributed by atoms with Gasteiger partial charge < -0.3 is 4.74 Å². The molecule has 16 heavy (non-hydrogen) atoms. The van der Waals surface area contributed by atoms with E-state index in [-0.39, 0.29) is 0 Å². The Morgan fingerprint density at radius 2 is 1.44 bits per heavy atom. The normalized spacial score (nSPS) is 10.6. The van der Waals surface area contributed by atoms with Crippen molar-refractivity contribution in [3.8, 4) is 11.5 Å². The van der Waals surface area contributed by atoms with Gasteiger partial charge in [-0.15, -0.1) is 0 Å². The third-order valence-corrected chi connectivity index (χ3v) is 2.38. The molecule has 0 bridgehead atoms. The SMILES string of the molecule is Br/C=C/c1ccc(Oc2ccccc2)cc1. The molecule has 0 aliphatic heterocycles. The molecule has 2 rings (SSSR count). The van der Waals surface area contributed by atoms with Gasteiger partial charge in [0.2, 0.25) is 0 Å². The number of halogens is 1. The van der Waals surface area contributed by atoms with Crippen molar-refractivity contribution in [2.45, 2.75) is 0 Å². The first kappa shape index (κ1) is 11.0. The van der Waals surface area contributed by atoms with Crippen LogP contribution in [0.1, 0.15) is 5.56 Å². The standard InChI is InChI=1S/C14H11BrO/c15-11-10-12-6-8-14(9-7-12)16-13-4-2-1-3-5-13/h1-11H/b11-10+. The highest BCUT2D eigenvalue weighted by molar-refractivity contribution is 9.11. The summed E-state index contributed by atoms with van der Waals surface area (Å²) in [5.74, 6) is 1.70. The van der Waals surface area contributed by atoms with Crippen LogP contribution in [0, 0.1) is 0 Å². The number of hydrogen-bond donors (Lipinski definition) is 0. The van der Waals surface area contributed by atoms with Gasteiger partial charge in [-0.1, -0.05) is 46.3 Å². The molecule has 0 saturated heterocycles. The Morgan fingerprint density at radius 3 is 2.06 bits per heavy atom. The zero-order chi connectivity index (χ0) is 11.2. The molecule has 0 atom stereocenters. The van der Waals surface area contributed by atoms with Crippen molar-refractivity contribution in [2.75, 3.05) is 0 Å². The minimum atomic E-state index is 0.845. The fraction of sp³-hybridized carbons (Fsp3) is 0. The van der Waals surface area contributed by atoms with Gasteiger partial charge in [0.1, 0.15) is 11.5 Å². The van der Waals surface area contributed by atoms with Gasteiger partial charge in [-0.2, -0.15) is 0 Å². The Balaban J connectivity index is 2.11. The summed E-state index contributed by atoms with van der Waals surface area (Å²) in [5, 5.41) is 0. The van der Waals surface area contributed by atoms with Crippen molar-refractivity contribution in [3.05, 3.63) is 65.1 Å². The van der Waals surface area contributed by atoms with Crippen LogP contribution in [0.15, 0.2) is 59.6 Å². The maximum Gasteiger partial charge on any atom is 0.127 e. The second-order valence-corrected chi connectivity index (χ2v) is 3.81. The number of para-hydroxylation sites is 1. The first-order chi connectivity index (χ1) is 7.88. The zero-order valence-electron chi connectivity index (χ0n) is 8.64. The highest BCUT2D eigenvalue weighted by Gasteiger charge is 1.95. The van der Waals surface area contributed by atoms with E-state index < -0.39 is 0 Å². The molecule has 0 aliphatic carbocycles. The third kappa shape index (κ3) is 2.97. The predicted molar refractivity (Wildman–Crippen MR) is 70.9 cm³/mol. The number of benzene rings is 2. The minimum Gasteiger partial charge on any atom is -0.457 e. The van der Waals surface area contributed by atoms with Crippen LogP contribution in [0.25, 0.3) is 6.08 Å². The molecular weight excluding hydrogens is 264 g/mol. The van der Waals surface area contributed by atoms with E-state index in [1.54, 1.807) is 0 Å². The lowest BCUT2D eigenvalue weighted by Gasteiger charge is -2.05. The minimum absolute atomic E-state index is 0.845. The highest BCUT2D eigenvalue weighted by atomic mass is 79.9. The zero-order valence-corrected chi connectivity index (χ0v) is 10.2. The molecule has 0 N–H and O–H groups in total. The van der Waals surface area contributed by atoms with Crippen LogP contribution >= 0.6 is 15.9 Å². The first-order valence-corrected chi connectivity index (χ1v) is 5.90. The van der Waals surface area contributed by atoms with Gasteiger partial charge in [-0.05, 0) is 40.9 Å². The van der Waals surface area contributed by atoms with Gasteiger partial charge in [0.25, 0.3) is 0 Å². The third-order valence-electron chi connectivity index (χ3n) is 2.11. The summed E-state index contributed by atoms with van der Waals surface area (Å²) in [6.07, 6.45) is 1.98. The molecule has 0 heterocycles. The quantitative estimate of drug-likeness (QED) is 0.778. The summed E-state index contributed by atoms with van der Waals surface area (Å²) >= 11 is 3.25. The van der Waals surface area contributed by atoms with Gasteiger partial charge in [0.05, 0.1) is 0 Å². The van der Waals surface area contributed by atoms with Gasteiger partial charge in [-0.25, -0.2) is 0 Å². The molecule has 0 saturated carbocycles. The Kier molecular flexibility index (Phi) is 3.78. The monoisotopic (exact) mass is 274 g/mol. The van der Waals surface area contributed by atoms with Crippen LogP contribution in [0.2, 0.25) is 0 Å². The number of rotatable bonds is 3. The van der Waals surface area contributed by atoms with E-state index >= 15 is 0 Å². The van der Waals surface area contributed by atoms with Gasteiger partial charge in [0, 0.05) is 0 Å². The molecule has 2 aromatic rings. The second-order valence-electron chi connectivity index (χ2n) is 3.28. The molecule has 0 spiro atoms. The van der Waals surface area contributed by atoms with Crippen molar-refractivity contribution in [1.29, 1.82) is 0 Å². The average Bonchev–Trinajstić information content (AvgIpc) is 2.33. The molecule has 1 nitrogen and oxygen atoms in total. The summed E-state index contributed by atoms with van der Waals surface area (Å²) in [7, 11) is 0. The van der Waals surface area contributed by atoms with Crippen LogP contribution < -0.4 is 4.74 Å². The van der Waals surface area contributed by atoms with Crippen LogP contribution in [0.4, 0.5) is 0 Å². The Hall–Kier alpha value is -1.54. The summed E-state index contributed by atoms with van der Waals surface area (Å²) in [4.78, 5) is 1.83. The van der Waals surface area contributed by atoms with E-state index in [1.165, 1.54) is 0 Å². The second kappa shape index (κ2) is 5.52. The van der Waals surface area contributed by atoms with Gasteiger partial charge >= 0.3 is 0 Å². The number of ether oxygens (including phenoxy) is 1. The van der Waals surface area contributed by atoms with Crippen molar-refractivity contribution < 1.29 is 4.74 Å². The molecule has 80 valence electrons. The molecule has 0 radical (unpaired) electrons. The highest BCUT2D eigenvalue weighted by Crippen LogP contribution is 2.21. The van der Waals surface area contributed by atoms with Crippen molar-refractivity contribution >= 4 is 22.0 Å². The Morgan fingerprint density at radius 1 is 0.812 bits per heavy atom. The van der Waals surface area contributed by atoms with Crippen LogP contribution in [-0.4, -0.2) is 0 Å². The maximum atomic E-state index is 5.68. The molecule has 0 aliphatic rings. The van der Waals surface area contributed by atoms with Crippen LogP contribution in [0.3, 0.4) is 0 Å². The van der Waals surface area contributed by atoms with Gasteiger partial charge in [-0.3, -0.25) is 0 Å². The summed E-state index contributed by atoms with van der Waals surface area (Å²) in [6.45, 7) is 0. The van der Waals surface area contributed by atoms with E-state index in [4.69, 9.17) is 4.74 Å². The molecular formula is C14H11BrO. The van der Waals surface area contributed by atoms with E-state index in [0.717, 1.165) is 17.1 Å².